The molecule has 1 atom stereocenters. The minimum absolute atomic E-state index is 0.0262. The van der Waals surface area contributed by atoms with Gasteiger partial charge in [-0.15, -0.1) is 0 Å². The van der Waals surface area contributed by atoms with E-state index in [9.17, 15) is 35.1 Å². The van der Waals surface area contributed by atoms with E-state index in [-0.39, 0.29) is 41.7 Å². The molecule has 0 spiro atoms. The molecule has 9 heteroatoms. The lowest BCUT2D eigenvalue weighted by Gasteiger charge is -2.18. The Labute approximate surface area is 201 Å². The number of aromatic hydroxyl groups is 5. The molecule has 3 rings (SSSR count). The molecule has 0 aliphatic carbocycles. The van der Waals surface area contributed by atoms with Crippen LogP contribution < -0.4 is 10.6 Å². The summed E-state index contributed by atoms with van der Waals surface area (Å²) in [5.74, 6) is -2.27. The van der Waals surface area contributed by atoms with Gasteiger partial charge >= 0.3 is 0 Å². The second kappa shape index (κ2) is 11.0. The predicted molar refractivity (Wildman–Crippen MR) is 129 cm³/mol. The molecule has 2 amide bonds. The van der Waals surface area contributed by atoms with Gasteiger partial charge < -0.3 is 36.2 Å². The average Bonchev–Trinajstić information content (AvgIpc) is 2.82. The van der Waals surface area contributed by atoms with Crippen LogP contribution in [0.3, 0.4) is 0 Å². The van der Waals surface area contributed by atoms with Crippen LogP contribution in [0, 0.1) is 6.92 Å². The smallest absolute Gasteiger partial charge is 0.244 e. The highest BCUT2D eigenvalue weighted by atomic mass is 16.3. The van der Waals surface area contributed by atoms with Crippen molar-refractivity contribution in [2.75, 3.05) is 0 Å². The standard InChI is InChI=1S/C26H26N2O7/c1-15-2-3-18(13-22(15)31)14-27-26(35)19(10-17-5-8-21(30)24(33)12-17)28-25(34)9-6-16-4-7-20(29)23(32)11-16/h2-9,11-13,19,29-33H,10,14H2,1H3,(H,27,35)(H,28,34)/b9-6+. The summed E-state index contributed by atoms with van der Waals surface area (Å²) in [4.78, 5) is 25.5. The van der Waals surface area contributed by atoms with Gasteiger partial charge in [0.05, 0.1) is 0 Å². The van der Waals surface area contributed by atoms with Crippen LogP contribution in [0.4, 0.5) is 0 Å². The van der Waals surface area contributed by atoms with Crippen LogP contribution in [0.5, 0.6) is 28.7 Å². The Morgan fingerprint density at radius 2 is 1.43 bits per heavy atom. The number of carbonyl (C=O) groups excluding carboxylic acids is 2. The number of hydrogen-bond acceptors (Lipinski definition) is 7. The van der Waals surface area contributed by atoms with Gasteiger partial charge in [0.25, 0.3) is 0 Å². The first kappa shape index (κ1) is 25.0. The maximum atomic E-state index is 12.9. The van der Waals surface area contributed by atoms with Crippen LogP contribution in [-0.2, 0) is 22.6 Å². The Bertz CT molecular complexity index is 1270. The average molecular weight is 479 g/mol. The maximum Gasteiger partial charge on any atom is 0.244 e. The van der Waals surface area contributed by atoms with Gasteiger partial charge in [-0.05, 0) is 65.6 Å². The minimum atomic E-state index is -1.02. The zero-order chi connectivity index (χ0) is 25.5. The number of amides is 2. The molecule has 3 aromatic rings. The molecule has 0 aliphatic rings. The van der Waals surface area contributed by atoms with Crippen molar-refractivity contribution in [3.8, 4) is 28.7 Å². The van der Waals surface area contributed by atoms with E-state index in [1.165, 1.54) is 54.6 Å². The summed E-state index contributed by atoms with van der Waals surface area (Å²) in [6, 6.07) is 12.2. The van der Waals surface area contributed by atoms with E-state index in [0.29, 0.717) is 22.3 Å². The lowest BCUT2D eigenvalue weighted by molar-refractivity contribution is -0.127. The predicted octanol–water partition coefficient (Wildman–Crippen LogP) is 2.58. The van der Waals surface area contributed by atoms with Gasteiger partial charge in [0, 0.05) is 19.0 Å². The van der Waals surface area contributed by atoms with Gasteiger partial charge in [0.2, 0.25) is 11.8 Å². The van der Waals surface area contributed by atoms with Crippen molar-refractivity contribution >= 4 is 17.9 Å². The van der Waals surface area contributed by atoms with Crippen molar-refractivity contribution < 1.29 is 35.1 Å². The van der Waals surface area contributed by atoms with Crippen molar-refractivity contribution in [3.63, 3.8) is 0 Å². The molecule has 0 radical (unpaired) electrons. The molecule has 0 bridgehead atoms. The van der Waals surface area contributed by atoms with E-state index in [2.05, 4.69) is 10.6 Å². The molecule has 3 aromatic carbocycles. The van der Waals surface area contributed by atoms with E-state index in [1.807, 2.05) is 0 Å². The maximum absolute atomic E-state index is 12.9. The first-order chi connectivity index (χ1) is 16.6. The zero-order valence-electron chi connectivity index (χ0n) is 18.9. The van der Waals surface area contributed by atoms with Crippen molar-refractivity contribution in [2.24, 2.45) is 0 Å². The fraction of sp³-hybridized carbons (Fsp3) is 0.154. The largest absolute Gasteiger partial charge is 0.508 e. The quantitative estimate of drug-likeness (QED) is 0.194. The zero-order valence-corrected chi connectivity index (χ0v) is 18.9. The third kappa shape index (κ3) is 6.91. The lowest BCUT2D eigenvalue weighted by atomic mass is 10.0. The second-order valence-corrected chi connectivity index (χ2v) is 8.01. The highest BCUT2D eigenvalue weighted by molar-refractivity contribution is 5.95. The van der Waals surface area contributed by atoms with Gasteiger partial charge in [0.1, 0.15) is 11.8 Å². The van der Waals surface area contributed by atoms with Crippen LogP contribution in [0.25, 0.3) is 6.08 Å². The number of hydrogen-bond donors (Lipinski definition) is 7. The van der Waals surface area contributed by atoms with Crippen LogP contribution in [-0.4, -0.2) is 43.4 Å². The van der Waals surface area contributed by atoms with Crippen molar-refractivity contribution in [1.29, 1.82) is 0 Å². The van der Waals surface area contributed by atoms with Gasteiger partial charge in [-0.25, -0.2) is 0 Å². The molecular weight excluding hydrogens is 452 g/mol. The summed E-state index contributed by atoms with van der Waals surface area (Å²) in [7, 11) is 0. The summed E-state index contributed by atoms with van der Waals surface area (Å²) in [5, 5.41) is 53.5. The van der Waals surface area contributed by atoms with Crippen molar-refractivity contribution in [1.82, 2.24) is 10.6 Å². The number of nitrogens with one attached hydrogen (secondary N) is 2. The van der Waals surface area contributed by atoms with Crippen LogP contribution >= 0.6 is 0 Å². The molecule has 0 saturated carbocycles. The van der Waals surface area contributed by atoms with E-state index >= 15 is 0 Å². The number of phenolic OH excluding ortho intramolecular Hbond substituents is 5. The summed E-state index contributed by atoms with van der Waals surface area (Å²) >= 11 is 0. The van der Waals surface area contributed by atoms with E-state index in [1.54, 1.807) is 19.1 Å². The van der Waals surface area contributed by atoms with Crippen LogP contribution in [0.2, 0.25) is 0 Å². The Kier molecular flexibility index (Phi) is 7.83. The first-order valence-corrected chi connectivity index (χ1v) is 10.7. The third-order valence-electron chi connectivity index (χ3n) is 5.28. The Hall–Kier alpha value is -4.66. The highest BCUT2D eigenvalue weighted by Crippen LogP contribution is 2.26. The summed E-state index contributed by atoms with van der Waals surface area (Å²) in [6.45, 7) is 1.87. The molecule has 0 fully saturated rings. The van der Waals surface area contributed by atoms with Gasteiger partial charge in [-0.2, -0.15) is 0 Å². The number of aryl methyl sites for hydroxylation is 1. The number of rotatable bonds is 8. The lowest BCUT2D eigenvalue weighted by Crippen LogP contribution is -2.47. The first-order valence-electron chi connectivity index (χ1n) is 10.7. The number of benzene rings is 3. The molecule has 0 aliphatic heterocycles. The molecule has 35 heavy (non-hydrogen) atoms. The molecule has 0 heterocycles. The Balaban J connectivity index is 1.73. The van der Waals surface area contributed by atoms with Crippen LogP contribution in [0.1, 0.15) is 22.3 Å². The molecule has 1 unspecified atom stereocenters. The number of carbonyl (C=O) groups is 2. The van der Waals surface area contributed by atoms with E-state index in [4.69, 9.17) is 0 Å². The van der Waals surface area contributed by atoms with E-state index in [0.717, 1.165) is 0 Å². The number of phenols is 5. The minimum Gasteiger partial charge on any atom is -0.508 e. The topological polar surface area (TPSA) is 159 Å². The molecule has 0 saturated heterocycles. The van der Waals surface area contributed by atoms with E-state index < -0.39 is 17.9 Å². The fourth-order valence-electron chi connectivity index (χ4n) is 3.25. The Morgan fingerprint density at radius 1 is 0.800 bits per heavy atom. The molecule has 7 N–H and O–H groups in total. The molecule has 0 aromatic heterocycles. The SMILES string of the molecule is Cc1ccc(CNC(=O)C(Cc2ccc(O)c(O)c2)NC(=O)/C=C/c2ccc(O)c(O)c2)cc1O. The Morgan fingerprint density at radius 3 is 2.09 bits per heavy atom. The van der Waals surface area contributed by atoms with Gasteiger partial charge in [-0.3, -0.25) is 9.59 Å². The summed E-state index contributed by atoms with van der Waals surface area (Å²) in [6.07, 6.45) is 2.61. The summed E-state index contributed by atoms with van der Waals surface area (Å²) in [5.41, 5.74) is 2.33. The molecule has 182 valence electrons. The molecule has 9 nitrogen and oxygen atoms in total. The van der Waals surface area contributed by atoms with Crippen molar-refractivity contribution in [3.05, 3.63) is 82.9 Å². The normalized spacial score (nSPS) is 11.8. The monoisotopic (exact) mass is 478 g/mol. The van der Waals surface area contributed by atoms with Crippen LogP contribution in [0.15, 0.2) is 60.7 Å². The second-order valence-electron chi connectivity index (χ2n) is 8.01. The van der Waals surface area contributed by atoms with Gasteiger partial charge in [-0.1, -0.05) is 24.3 Å². The highest BCUT2D eigenvalue weighted by Gasteiger charge is 2.21. The summed E-state index contributed by atoms with van der Waals surface area (Å²) < 4.78 is 0. The van der Waals surface area contributed by atoms with Gasteiger partial charge in [0.15, 0.2) is 23.0 Å². The third-order valence-corrected chi connectivity index (χ3v) is 5.28. The van der Waals surface area contributed by atoms with Crippen molar-refractivity contribution in [2.45, 2.75) is 25.9 Å². The fourth-order valence-corrected chi connectivity index (χ4v) is 3.25. The molecular formula is C26H26N2O7.